The summed E-state index contributed by atoms with van der Waals surface area (Å²) in [5.41, 5.74) is 4.21. The van der Waals surface area contributed by atoms with Crippen molar-refractivity contribution in [2.24, 2.45) is 0 Å². The molecule has 0 saturated heterocycles. The summed E-state index contributed by atoms with van der Waals surface area (Å²) in [6.07, 6.45) is 1.88. The lowest BCUT2D eigenvalue weighted by molar-refractivity contribution is -0.141. The molecule has 23 heavy (non-hydrogen) atoms. The van der Waals surface area contributed by atoms with Crippen molar-refractivity contribution >= 4 is 5.97 Å². The van der Waals surface area contributed by atoms with Gasteiger partial charge in [0.2, 0.25) is 0 Å². The minimum atomic E-state index is -0.963. The number of nitrogens with zero attached hydrogens (tertiary/aromatic N) is 3. The molecule has 1 atom stereocenters. The highest BCUT2D eigenvalue weighted by molar-refractivity contribution is 5.72. The first-order chi connectivity index (χ1) is 10.9. The maximum Gasteiger partial charge on any atom is 0.347 e. The van der Waals surface area contributed by atoms with Crippen LogP contribution in [-0.2, 0) is 17.8 Å². The predicted molar refractivity (Wildman–Crippen MR) is 85.9 cm³/mol. The number of rotatable bonds is 3. The van der Waals surface area contributed by atoms with Crippen molar-refractivity contribution in [3.63, 3.8) is 0 Å². The van der Waals surface area contributed by atoms with Gasteiger partial charge in [-0.15, -0.1) is 0 Å². The van der Waals surface area contributed by atoms with Gasteiger partial charge in [-0.25, -0.2) is 14.3 Å². The number of benzene rings is 1. The van der Waals surface area contributed by atoms with Crippen molar-refractivity contribution in [3.8, 4) is 0 Å². The molecule has 2 aromatic rings. The Kier molecular flexibility index (Phi) is 3.83. The molecule has 1 aliphatic rings. The van der Waals surface area contributed by atoms with Gasteiger partial charge < -0.3 is 5.11 Å². The predicted octanol–water partition coefficient (Wildman–Crippen LogP) is 1.98. The second-order valence-electron chi connectivity index (χ2n) is 6.34. The van der Waals surface area contributed by atoms with E-state index in [-0.39, 0.29) is 5.69 Å². The van der Waals surface area contributed by atoms with E-state index in [0.717, 1.165) is 17.5 Å². The average molecular weight is 315 g/mol. The summed E-state index contributed by atoms with van der Waals surface area (Å²) in [6, 6.07) is 3.39. The Labute approximate surface area is 134 Å². The zero-order chi connectivity index (χ0) is 16.7. The van der Waals surface area contributed by atoms with Crippen molar-refractivity contribution in [1.82, 2.24) is 14.3 Å². The van der Waals surface area contributed by atoms with Gasteiger partial charge in [0.05, 0.1) is 6.54 Å². The molecule has 1 aromatic heterocycles. The second kappa shape index (κ2) is 5.68. The molecule has 2 heterocycles. The summed E-state index contributed by atoms with van der Waals surface area (Å²) in [4.78, 5) is 24.0. The Morgan fingerprint density at radius 1 is 1.26 bits per heavy atom. The number of carboxylic acids is 1. The highest BCUT2D eigenvalue weighted by Crippen LogP contribution is 2.22. The first-order valence-electron chi connectivity index (χ1n) is 7.86. The van der Waals surface area contributed by atoms with E-state index >= 15 is 0 Å². The number of fused-ring (bicyclic) bond motifs is 1. The smallest absolute Gasteiger partial charge is 0.347 e. The van der Waals surface area contributed by atoms with Crippen LogP contribution in [0.2, 0.25) is 0 Å². The lowest BCUT2D eigenvalue weighted by atomic mass is 10.0. The SMILES string of the molecule is Cc1cc(C)c(Cn2nc3n(c2=O)[C@H](C(=O)O)CCC3)cc1C. The Balaban J connectivity index is 2.02. The normalized spacial score (nSPS) is 17.1. The van der Waals surface area contributed by atoms with E-state index in [4.69, 9.17) is 0 Å². The van der Waals surface area contributed by atoms with Gasteiger partial charge in [-0.1, -0.05) is 12.1 Å². The summed E-state index contributed by atoms with van der Waals surface area (Å²) in [5, 5.41) is 13.7. The van der Waals surface area contributed by atoms with Crippen molar-refractivity contribution < 1.29 is 9.90 Å². The topological polar surface area (TPSA) is 77.1 Å². The van der Waals surface area contributed by atoms with Crippen LogP contribution < -0.4 is 5.69 Å². The third-order valence-electron chi connectivity index (χ3n) is 4.69. The van der Waals surface area contributed by atoms with Gasteiger partial charge in [-0.05, 0) is 55.9 Å². The zero-order valence-electron chi connectivity index (χ0n) is 13.7. The molecule has 6 nitrogen and oxygen atoms in total. The third kappa shape index (κ3) is 2.69. The number of carbonyl (C=O) groups is 1. The second-order valence-corrected chi connectivity index (χ2v) is 6.34. The van der Waals surface area contributed by atoms with E-state index in [1.54, 1.807) is 0 Å². The minimum absolute atomic E-state index is 0.329. The van der Waals surface area contributed by atoms with Crippen molar-refractivity contribution in [1.29, 1.82) is 0 Å². The lowest BCUT2D eigenvalue weighted by Crippen LogP contribution is -2.34. The summed E-state index contributed by atoms with van der Waals surface area (Å²) in [7, 11) is 0. The monoisotopic (exact) mass is 315 g/mol. The fourth-order valence-electron chi connectivity index (χ4n) is 3.22. The number of aryl methyl sites for hydroxylation is 4. The van der Waals surface area contributed by atoms with E-state index in [0.29, 0.717) is 25.2 Å². The van der Waals surface area contributed by atoms with Crippen LogP contribution in [0.3, 0.4) is 0 Å². The van der Waals surface area contributed by atoms with Crippen LogP contribution in [0, 0.1) is 20.8 Å². The molecule has 0 radical (unpaired) electrons. The van der Waals surface area contributed by atoms with Gasteiger partial charge >= 0.3 is 11.7 Å². The van der Waals surface area contributed by atoms with Gasteiger partial charge in [0, 0.05) is 6.42 Å². The summed E-state index contributed by atoms with van der Waals surface area (Å²) >= 11 is 0. The fourth-order valence-corrected chi connectivity index (χ4v) is 3.22. The van der Waals surface area contributed by atoms with Gasteiger partial charge in [0.25, 0.3) is 0 Å². The largest absolute Gasteiger partial charge is 0.480 e. The molecule has 1 aromatic carbocycles. The van der Waals surface area contributed by atoms with Crippen LogP contribution in [-0.4, -0.2) is 25.4 Å². The molecular formula is C17H21N3O3. The van der Waals surface area contributed by atoms with Crippen molar-refractivity contribution in [3.05, 3.63) is 50.7 Å². The molecule has 1 aliphatic heterocycles. The Bertz CT molecular complexity index is 832. The summed E-state index contributed by atoms with van der Waals surface area (Å²) in [6.45, 7) is 6.49. The number of aliphatic carboxylic acids is 1. The molecule has 0 aliphatic carbocycles. The van der Waals surface area contributed by atoms with Crippen molar-refractivity contribution in [2.75, 3.05) is 0 Å². The average Bonchev–Trinajstić information content (AvgIpc) is 2.81. The van der Waals surface area contributed by atoms with Crippen molar-refractivity contribution in [2.45, 2.75) is 52.6 Å². The van der Waals surface area contributed by atoms with Crippen LogP contribution in [0.25, 0.3) is 0 Å². The van der Waals surface area contributed by atoms with Crippen LogP contribution in [0.4, 0.5) is 0 Å². The highest BCUT2D eigenvalue weighted by Gasteiger charge is 2.30. The third-order valence-corrected chi connectivity index (χ3v) is 4.69. The van der Waals surface area contributed by atoms with Crippen LogP contribution in [0.15, 0.2) is 16.9 Å². The maximum absolute atomic E-state index is 12.6. The van der Waals surface area contributed by atoms with Gasteiger partial charge in [-0.2, -0.15) is 5.10 Å². The maximum atomic E-state index is 12.6. The number of hydrogen-bond acceptors (Lipinski definition) is 3. The summed E-state index contributed by atoms with van der Waals surface area (Å²) in [5.74, 6) is -0.384. The molecule has 0 fully saturated rings. The summed E-state index contributed by atoms with van der Waals surface area (Å²) < 4.78 is 2.75. The molecule has 0 unspecified atom stereocenters. The molecule has 0 spiro atoms. The molecular weight excluding hydrogens is 294 g/mol. The van der Waals surface area contributed by atoms with E-state index < -0.39 is 12.0 Å². The zero-order valence-corrected chi connectivity index (χ0v) is 13.7. The van der Waals surface area contributed by atoms with Crippen LogP contribution in [0.1, 0.15) is 47.0 Å². The van der Waals surface area contributed by atoms with Crippen LogP contribution in [0.5, 0.6) is 0 Å². The molecule has 3 rings (SSSR count). The quantitative estimate of drug-likeness (QED) is 0.939. The van der Waals surface area contributed by atoms with E-state index in [2.05, 4.69) is 24.2 Å². The standard InChI is InChI=1S/C17H21N3O3/c1-10-7-12(3)13(8-11(10)2)9-19-17(23)20-14(16(21)22)5-4-6-15(20)18-19/h7-8,14H,4-6,9H2,1-3H3,(H,21,22)/t14-/m0/s1. The number of carboxylic acid groups (broad SMARTS) is 1. The Morgan fingerprint density at radius 3 is 2.65 bits per heavy atom. The van der Waals surface area contributed by atoms with Gasteiger partial charge in [-0.3, -0.25) is 4.57 Å². The van der Waals surface area contributed by atoms with Crippen LogP contribution >= 0.6 is 0 Å². The first-order valence-corrected chi connectivity index (χ1v) is 7.86. The molecule has 0 bridgehead atoms. The highest BCUT2D eigenvalue weighted by atomic mass is 16.4. The lowest BCUT2D eigenvalue weighted by Gasteiger charge is -2.19. The Hall–Kier alpha value is -2.37. The minimum Gasteiger partial charge on any atom is -0.480 e. The van der Waals surface area contributed by atoms with Gasteiger partial charge in [0.1, 0.15) is 11.9 Å². The molecule has 0 saturated carbocycles. The first kappa shape index (κ1) is 15.5. The van der Waals surface area contributed by atoms with E-state index in [1.165, 1.54) is 20.4 Å². The van der Waals surface area contributed by atoms with E-state index in [1.807, 2.05) is 13.8 Å². The number of aromatic nitrogens is 3. The number of hydrogen-bond donors (Lipinski definition) is 1. The van der Waals surface area contributed by atoms with Gasteiger partial charge in [0.15, 0.2) is 0 Å². The fraction of sp³-hybridized carbons (Fsp3) is 0.471. The molecule has 1 N–H and O–H groups in total. The Morgan fingerprint density at radius 2 is 1.96 bits per heavy atom. The molecule has 0 amide bonds. The molecule has 122 valence electrons. The molecule has 6 heteroatoms. The van der Waals surface area contributed by atoms with E-state index in [9.17, 15) is 14.7 Å².